The number of rotatable bonds is 10. The van der Waals surface area contributed by atoms with Gasteiger partial charge in [-0.1, -0.05) is 49.2 Å². The van der Waals surface area contributed by atoms with Gasteiger partial charge >= 0.3 is 6.09 Å². The number of ketones is 1. The Balaban J connectivity index is 1.81. The first-order valence-corrected chi connectivity index (χ1v) is 10.7. The zero-order chi connectivity index (χ0) is 22.9. The van der Waals surface area contributed by atoms with Gasteiger partial charge in [-0.15, -0.1) is 0 Å². The number of benzene rings is 2. The van der Waals surface area contributed by atoms with E-state index in [4.69, 9.17) is 0 Å². The van der Waals surface area contributed by atoms with Gasteiger partial charge in [-0.25, -0.2) is 4.79 Å². The monoisotopic (exact) mass is 433 g/mol. The van der Waals surface area contributed by atoms with Crippen LogP contribution in [0.15, 0.2) is 66.9 Å². The maximum Gasteiger partial charge on any atom is 0.412 e. The standard InChI is InChI=1S/C25H27N3O4/c1-18(29)10-4-2-7-15-23(28(25(31)32)21-12-5-3-6-13-21)24(30)27-20-16-19-11-8-9-14-22(19)26-17-20/h3,5-6,8-9,11-14,16-17,23H,2,4,7,10,15H2,1H3,(H,27,30)(H,31,32)/t23-/m0/s1. The lowest BCUT2D eigenvalue weighted by Crippen LogP contribution is -2.47. The lowest BCUT2D eigenvalue weighted by atomic mass is 10.0. The number of fused-ring (bicyclic) bond motifs is 1. The normalized spacial score (nSPS) is 11.7. The number of unbranched alkanes of at least 4 members (excludes halogenated alkanes) is 2. The van der Waals surface area contributed by atoms with Crippen molar-refractivity contribution in [2.45, 2.75) is 45.1 Å². The first-order valence-electron chi connectivity index (χ1n) is 10.7. The van der Waals surface area contributed by atoms with Gasteiger partial charge in [-0.3, -0.25) is 14.7 Å². The molecule has 1 aromatic heterocycles. The highest BCUT2D eigenvalue weighted by atomic mass is 16.4. The second kappa shape index (κ2) is 11.0. The number of para-hydroxylation sites is 2. The van der Waals surface area contributed by atoms with Gasteiger partial charge in [0.25, 0.3) is 0 Å². The van der Waals surface area contributed by atoms with Crippen LogP contribution in [0.25, 0.3) is 10.9 Å². The highest BCUT2D eigenvalue weighted by Crippen LogP contribution is 2.23. The summed E-state index contributed by atoms with van der Waals surface area (Å²) in [7, 11) is 0. The van der Waals surface area contributed by atoms with Crippen LogP contribution in [-0.4, -0.2) is 33.9 Å². The van der Waals surface area contributed by atoms with Crippen molar-refractivity contribution in [3.63, 3.8) is 0 Å². The lowest BCUT2D eigenvalue weighted by molar-refractivity contribution is -0.118. The molecular formula is C25H27N3O4. The van der Waals surface area contributed by atoms with Gasteiger partial charge in [-0.2, -0.15) is 0 Å². The Morgan fingerprint density at radius 2 is 1.72 bits per heavy atom. The molecule has 0 unspecified atom stereocenters. The average molecular weight is 434 g/mol. The molecule has 0 bridgehead atoms. The molecule has 0 saturated carbocycles. The van der Waals surface area contributed by atoms with E-state index in [1.54, 1.807) is 43.5 Å². The van der Waals surface area contributed by atoms with E-state index < -0.39 is 18.0 Å². The molecule has 0 spiro atoms. The summed E-state index contributed by atoms with van der Waals surface area (Å²) in [4.78, 5) is 42.0. The van der Waals surface area contributed by atoms with Gasteiger partial charge in [0.05, 0.1) is 17.4 Å². The highest BCUT2D eigenvalue weighted by Gasteiger charge is 2.31. The molecule has 166 valence electrons. The molecule has 1 heterocycles. The Bertz CT molecular complexity index is 1080. The van der Waals surface area contributed by atoms with Crippen molar-refractivity contribution in [1.82, 2.24) is 4.98 Å². The van der Waals surface area contributed by atoms with Crippen LogP contribution in [-0.2, 0) is 9.59 Å². The van der Waals surface area contributed by atoms with E-state index in [0.29, 0.717) is 30.6 Å². The Hall–Kier alpha value is -3.74. The Morgan fingerprint density at radius 1 is 1.00 bits per heavy atom. The van der Waals surface area contributed by atoms with E-state index in [1.165, 1.54) is 0 Å². The minimum Gasteiger partial charge on any atom is -0.465 e. The number of carboxylic acid groups (broad SMARTS) is 1. The van der Waals surface area contributed by atoms with Crippen LogP contribution in [0.3, 0.4) is 0 Å². The molecule has 3 rings (SSSR count). The Kier molecular flexibility index (Phi) is 7.91. The summed E-state index contributed by atoms with van der Waals surface area (Å²) in [5.74, 6) is -0.292. The van der Waals surface area contributed by atoms with Crippen LogP contribution in [0.4, 0.5) is 16.2 Å². The van der Waals surface area contributed by atoms with Crippen molar-refractivity contribution >= 4 is 40.1 Å². The van der Waals surface area contributed by atoms with Crippen LogP contribution in [0, 0.1) is 0 Å². The molecule has 0 saturated heterocycles. The predicted octanol–water partition coefficient (Wildman–Crippen LogP) is 5.27. The van der Waals surface area contributed by atoms with Crippen molar-refractivity contribution in [3.8, 4) is 0 Å². The molecule has 32 heavy (non-hydrogen) atoms. The topological polar surface area (TPSA) is 99.6 Å². The lowest BCUT2D eigenvalue weighted by Gasteiger charge is -2.28. The smallest absolute Gasteiger partial charge is 0.412 e. The third-order valence-corrected chi connectivity index (χ3v) is 5.22. The van der Waals surface area contributed by atoms with E-state index in [0.717, 1.165) is 28.6 Å². The van der Waals surface area contributed by atoms with E-state index in [2.05, 4.69) is 10.3 Å². The number of nitrogens with zero attached hydrogens (tertiary/aromatic N) is 2. The third-order valence-electron chi connectivity index (χ3n) is 5.22. The van der Waals surface area contributed by atoms with Crippen LogP contribution < -0.4 is 10.2 Å². The molecule has 0 fully saturated rings. The van der Waals surface area contributed by atoms with Crippen molar-refractivity contribution < 1.29 is 19.5 Å². The molecule has 0 aliphatic carbocycles. The summed E-state index contributed by atoms with van der Waals surface area (Å²) >= 11 is 0. The zero-order valence-electron chi connectivity index (χ0n) is 18.0. The van der Waals surface area contributed by atoms with Crippen LogP contribution in [0.2, 0.25) is 0 Å². The van der Waals surface area contributed by atoms with Crippen molar-refractivity contribution in [3.05, 3.63) is 66.9 Å². The number of Topliss-reactive ketones (excluding diaryl/α,β-unsaturated/α-hetero) is 1. The van der Waals surface area contributed by atoms with Gasteiger partial charge in [0.2, 0.25) is 5.91 Å². The second-order valence-electron chi connectivity index (χ2n) is 7.71. The van der Waals surface area contributed by atoms with Crippen molar-refractivity contribution in [2.75, 3.05) is 10.2 Å². The number of carbonyl (C=O) groups excluding carboxylic acids is 2. The van der Waals surface area contributed by atoms with E-state index in [9.17, 15) is 19.5 Å². The fourth-order valence-corrected chi connectivity index (χ4v) is 3.64. The van der Waals surface area contributed by atoms with Crippen molar-refractivity contribution in [2.24, 2.45) is 0 Å². The number of pyridine rings is 1. The summed E-state index contributed by atoms with van der Waals surface area (Å²) in [5, 5.41) is 13.6. The molecular weight excluding hydrogens is 406 g/mol. The summed E-state index contributed by atoms with van der Waals surface area (Å²) in [6.07, 6.45) is 3.28. The van der Waals surface area contributed by atoms with Gasteiger partial charge < -0.3 is 15.2 Å². The molecule has 2 aromatic carbocycles. The number of hydrogen-bond donors (Lipinski definition) is 2. The summed E-state index contributed by atoms with van der Waals surface area (Å²) in [6.45, 7) is 1.55. The molecule has 2 amide bonds. The van der Waals surface area contributed by atoms with Gasteiger partial charge in [0, 0.05) is 17.5 Å². The van der Waals surface area contributed by atoms with E-state index >= 15 is 0 Å². The minimum atomic E-state index is -1.20. The molecule has 2 N–H and O–H groups in total. The quantitative estimate of drug-likeness (QED) is 0.425. The first kappa shape index (κ1) is 22.9. The van der Waals surface area contributed by atoms with Gasteiger partial charge in [0.1, 0.15) is 11.8 Å². The third kappa shape index (κ3) is 6.14. The maximum absolute atomic E-state index is 13.2. The summed E-state index contributed by atoms with van der Waals surface area (Å²) in [6, 6.07) is 17.1. The number of hydrogen-bond acceptors (Lipinski definition) is 4. The molecule has 0 aliphatic rings. The van der Waals surface area contributed by atoms with Crippen molar-refractivity contribution in [1.29, 1.82) is 0 Å². The molecule has 3 aromatic rings. The molecule has 0 radical (unpaired) electrons. The van der Waals surface area contributed by atoms with Gasteiger partial charge in [-0.05, 0) is 44.0 Å². The Morgan fingerprint density at radius 3 is 2.44 bits per heavy atom. The number of aromatic nitrogens is 1. The van der Waals surface area contributed by atoms with Gasteiger partial charge in [0.15, 0.2) is 0 Å². The van der Waals surface area contributed by atoms with E-state index in [-0.39, 0.29) is 5.78 Å². The molecule has 7 nitrogen and oxygen atoms in total. The maximum atomic E-state index is 13.2. The number of amides is 2. The SMILES string of the molecule is CC(=O)CCCCC[C@@H](C(=O)Nc1cnc2ccccc2c1)N(C(=O)O)c1ccccc1. The minimum absolute atomic E-state index is 0.125. The molecule has 1 atom stereocenters. The Labute approximate surface area is 187 Å². The summed E-state index contributed by atoms with van der Waals surface area (Å²) in [5.41, 5.74) is 1.75. The first-order chi connectivity index (χ1) is 15.5. The molecule has 0 aliphatic heterocycles. The number of nitrogens with one attached hydrogen (secondary N) is 1. The van der Waals surface area contributed by atoms with Crippen LogP contribution >= 0.6 is 0 Å². The number of anilines is 2. The van der Waals surface area contributed by atoms with E-state index in [1.807, 2.05) is 30.3 Å². The predicted molar refractivity (Wildman–Crippen MR) is 125 cm³/mol. The average Bonchev–Trinajstić information content (AvgIpc) is 2.78. The second-order valence-corrected chi connectivity index (χ2v) is 7.71. The van der Waals surface area contributed by atoms with Crippen LogP contribution in [0.1, 0.15) is 39.0 Å². The highest BCUT2D eigenvalue weighted by molar-refractivity contribution is 6.03. The fraction of sp³-hybridized carbons (Fsp3) is 0.280. The number of carbonyl (C=O) groups is 3. The van der Waals surface area contributed by atoms with Crippen LogP contribution in [0.5, 0.6) is 0 Å². The largest absolute Gasteiger partial charge is 0.465 e. The zero-order valence-corrected chi connectivity index (χ0v) is 18.0. The summed E-state index contributed by atoms with van der Waals surface area (Å²) < 4.78 is 0. The molecule has 7 heteroatoms. The fourth-order valence-electron chi connectivity index (χ4n) is 3.64.